The Labute approximate surface area is 115 Å². The standard InChI is InChI=1S/C13H17BrN2O2/c14-12-4-3-11(7-9(12)8-15)18-6-5-13(17)16-10-1-2-10/h3-4,7,10H,1-2,5-6,8,15H2,(H,16,17). The van der Waals surface area contributed by atoms with E-state index in [1.54, 1.807) is 0 Å². The second kappa shape index (κ2) is 6.20. The third-order valence-corrected chi connectivity index (χ3v) is 3.55. The first kappa shape index (κ1) is 13.4. The van der Waals surface area contributed by atoms with Crippen LogP contribution in [0.2, 0.25) is 0 Å². The number of benzene rings is 1. The summed E-state index contributed by atoms with van der Waals surface area (Å²) in [5, 5.41) is 2.93. The Bertz CT molecular complexity index is 433. The summed E-state index contributed by atoms with van der Waals surface area (Å²) >= 11 is 3.42. The Balaban J connectivity index is 1.76. The number of hydrogen-bond acceptors (Lipinski definition) is 3. The Morgan fingerprint density at radius 3 is 2.94 bits per heavy atom. The molecule has 0 saturated heterocycles. The smallest absolute Gasteiger partial charge is 0.223 e. The lowest BCUT2D eigenvalue weighted by molar-refractivity contribution is -0.121. The van der Waals surface area contributed by atoms with Gasteiger partial charge in [0.15, 0.2) is 0 Å². The number of carbonyl (C=O) groups excluding carboxylic acids is 1. The second-order valence-electron chi connectivity index (χ2n) is 4.40. The lowest BCUT2D eigenvalue weighted by Gasteiger charge is -2.09. The van der Waals surface area contributed by atoms with E-state index in [-0.39, 0.29) is 5.91 Å². The zero-order chi connectivity index (χ0) is 13.0. The van der Waals surface area contributed by atoms with Crippen LogP contribution in [0.15, 0.2) is 22.7 Å². The highest BCUT2D eigenvalue weighted by atomic mass is 79.9. The molecule has 0 unspecified atom stereocenters. The molecule has 1 aromatic carbocycles. The molecule has 3 N–H and O–H groups in total. The molecule has 1 saturated carbocycles. The molecule has 1 aliphatic carbocycles. The molecule has 0 radical (unpaired) electrons. The van der Waals surface area contributed by atoms with Crippen molar-refractivity contribution in [3.63, 3.8) is 0 Å². The fraction of sp³-hybridized carbons (Fsp3) is 0.462. The van der Waals surface area contributed by atoms with Crippen molar-refractivity contribution in [3.8, 4) is 5.75 Å². The maximum Gasteiger partial charge on any atom is 0.223 e. The van der Waals surface area contributed by atoms with Crippen LogP contribution < -0.4 is 15.8 Å². The highest BCUT2D eigenvalue weighted by Gasteiger charge is 2.22. The van der Waals surface area contributed by atoms with Gasteiger partial charge in [-0.25, -0.2) is 0 Å². The van der Waals surface area contributed by atoms with Gasteiger partial charge in [0.1, 0.15) is 5.75 Å². The average Bonchev–Trinajstić information content (AvgIpc) is 3.15. The molecule has 0 aliphatic heterocycles. The van der Waals surface area contributed by atoms with Crippen molar-refractivity contribution >= 4 is 21.8 Å². The summed E-state index contributed by atoms with van der Waals surface area (Å²) < 4.78 is 6.51. The van der Waals surface area contributed by atoms with Gasteiger partial charge in [0.25, 0.3) is 0 Å². The Morgan fingerprint density at radius 2 is 2.28 bits per heavy atom. The van der Waals surface area contributed by atoms with Crippen LogP contribution in [-0.4, -0.2) is 18.6 Å². The zero-order valence-corrected chi connectivity index (χ0v) is 11.7. The van der Waals surface area contributed by atoms with E-state index in [0.29, 0.717) is 25.6 Å². The summed E-state index contributed by atoms with van der Waals surface area (Å²) in [6, 6.07) is 6.07. The molecule has 0 bridgehead atoms. The maximum absolute atomic E-state index is 11.4. The fourth-order valence-corrected chi connectivity index (χ4v) is 1.99. The molecule has 0 atom stereocenters. The molecular weight excluding hydrogens is 296 g/mol. The van der Waals surface area contributed by atoms with Gasteiger partial charge >= 0.3 is 0 Å². The summed E-state index contributed by atoms with van der Waals surface area (Å²) in [6.45, 7) is 0.851. The van der Waals surface area contributed by atoms with Gasteiger partial charge in [0.05, 0.1) is 13.0 Å². The van der Waals surface area contributed by atoms with Gasteiger partial charge in [-0.2, -0.15) is 0 Å². The SMILES string of the molecule is NCc1cc(OCCC(=O)NC2CC2)ccc1Br. The van der Waals surface area contributed by atoms with E-state index in [4.69, 9.17) is 10.5 Å². The van der Waals surface area contributed by atoms with Crippen molar-refractivity contribution in [2.24, 2.45) is 5.73 Å². The van der Waals surface area contributed by atoms with Gasteiger partial charge < -0.3 is 15.8 Å². The second-order valence-corrected chi connectivity index (χ2v) is 5.25. The van der Waals surface area contributed by atoms with Gasteiger partial charge in [0.2, 0.25) is 5.91 Å². The lowest BCUT2D eigenvalue weighted by Crippen LogP contribution is -2.26. The van der Waals surface area contributed by atoms with E-state index < -0.39 is 0 Å². The third-order valence-electron chi connectivity index (χ3n) is 2.78. The van der Waals surface area contributed by atoms with E-state index in [1.807, 2.05) is 18.2 Å². The summed E-state index contributed by atoms with van der Waals surface area (Å²) in [7, 11) is 0. The first-order valence-electron chi connectivity index (χ1n) is 6.09. The number of hydrogen-bond donors (Lipinski definition) is 2. The van der Waals surface area contributed by atoms with E-state index in [1.165, 1.54) is 0 Å². The monoisotopic (exact) mass is 312 g/mol. The Kier molecular flexibility index (Phi) is 4.60. The highest BCUT2D eigenvalue weighted by molar-refractivity contribution is 9.10. The van der Waals surface area contributed by atoms with Crippen LogP contribution in [0.4, 0.5) is 0 Å². The minimum absolute atomic E-state index is 0.0636. The molecule has 2 rings (SSSR count). The molecule has 98 valence electrons. The summed E-state index contributed by atoms with van der Waals surface area (Å²) in [5.74, 6) is 0.812. The van der Waals surface area contributed by atoms with Crippen molar-refractivity contribution in [2.45, 2.75) is 31.8 Å². The summed E-state index contributed by atoms with van der Waals surface area (Å²) in [6.07, 6.45) is 2.61. The van der Waals surface area contributed by atoms with Crippen molar-refractivity contribution in [3.05, 3.63) is 28.2 Å². The van der Waals surface area contributed by atoms with E-state index >= 15 is 0 Å². The minimum Gasteiger partial charge on any atom is -0.493 e. The van der Waals surface area contributed by atoms with Crippen LogP contribution in [0.5, 0.6) is 5.75 Å². The van der Waals surface area contributed by atoms with Crippen LogP contribution in [-0.2, 0) is 11.3 Å². The number of rotatable bonds is 6. The molecule has 1 aromatic rings. The molecule has 4 nitrogen and oxygen atoms in total. The Morgan fingerprint density at radius 1 is 1.50 bits per heavy atom. The van der Waals surface area contributed by atoms with Gasteiger partial charge in [-0.05, 0) is 36.6 Å². The maximum atomic E-state index is 11.4. The molecule has 0 spiro atoms. The first-order chi connectivity index (χ1) is 8.69. The number of nitrogens with two attached hydrogens (primary N) is 1. The van der Waals surface area contributed by atoms with Crippen molar-refractivity contribution < 1.29 is 9.53 Å². The van der Waals surface area contributed by atoms with Crippen LogP contribution in [0, 0.1) is 0 Å². The van der Waals surface area contributed by atoms with Crippen molar-refractivity contribution in [1.29, 1.82) is 0 Å². The molecule has 1 aliphatic rings. The predicted molar refractivity (Wildman–Crippen MR) is 73.3 cm³/mol. The van der Waals surface area contributed by atoms with Crippen LogP contribution >= 0.6 is 15.9 Å². The van der Waals surface area contributed by atoms with Crippen molar-refractivity contribution in [1.82, 2.24) is 5.32 Å². The quantitative estimate of drug-likeness (QED) is 0.844. The molecule has 1 fully saturated rings. The largest absolute Gasteiger partial charge is 0.493 e. The molecule has 5 heteroatoms. The van der Waals surface area contributed by atoms with Gasteiger partial charge in [-0.3, -0.25) is 4.79 Å². The number of halogens is 1. The first-order valence-corrected chi connectivity index (χ1v) is 6.89. The zero-order valence-electron chi connectivity index (χ0n) is 10.1. The van der Waals surface area contributed by atoms with Crippen LogP contribution in [0.1, 0.15) is 24.8 Å². The molecular formula is C13H17BrN2O2. The number of carbonyl (C=O) groups is 1. The Hall–Kier alpha value is -1.07. The number of nitrogens with one attached hydrogen (secondary N) is 1. The lowest BCUT2D eigenvalue weighted by atomic mass is 10.2. The molecule has 18 heavy (non-hydrogen) atoms. The fourth-order valence-electron chi connectivity index (χ4n) is 1.59. The van der Waals surface area contributed by atoms with Crippen molar-refractivity contribution in [2.75, 3.05) is 6.61 Å². The number of amides is 1. The third kappa shape index (κ3) is 3.99. The van der Waals surface area contributed by atoms with Gasteiger partial charge in [0, 0.05) is 17.1 Å². The molecule has 1 amide bonds. The van der Waals surface area contributed by atoms with E-state index in [9.17, 15) is 4.79 Å². The predicted octanol–water partition coefficient (Wildman–Crippen LogP) is 1.96. The van der Waals surface area contributed by atoms with Gasteiger partial charge in [-0.15, -0.1) is 0 Å². The normalized spacial score (nSPS) is 14.3. The molecule has 0 aromatic heterocycles. The van der Waals surface area contributed by atoms with E-state index in [0.717, 1.165) is 28.6 Å². The minimum atomic E-state index is 0.0636. The average molecular weight is 313 g/mol. The van der Waals surface area contributed by atoms with Crippen LogP contribution in [0.3, 0.4) is 0 Å². The van der Waals surface area contributed by atoms with Gasteiger partial charge in [-0.1, -0.05) is 15.9 Å². The molecule has 0 heterocycles. The van der Waals surface area contributed by atoms with Crippen LogP contribution in [0.25, 0.3) is 0 Å². The summed E-state index contributed by atoms with van der Waals surface area (Å²) in [4.78, 5) is 11.4. The number of ether oxygens (including phenoxy) is 1. The highest BCUT2D eigenvalue weighted by Crippen LogP contribution is 2.22. The summed E-state index contributed by atoms with van der Waals surface area (Å²) in [5.41, 5.74) is 6.60. The topological polar surface area (TPSA) is 64.3 Å². The van der Waals surface area contributed by atoms with E-state index in [2.05, 4.69) is 21.2 Å².